The Morgan fingerprint density at radius 1 is 1.32 bits per heavy atom. The number of rotatable bonds is 2. The number of hydrogen-bond donors (Lipinski definition) is 1. The predicted molar refractivity (Wildman–Crippen MR) is 82.5 cm³/mol. The Labute approximate surface area is 129 Å². The number of aromatic nitrogens is 2. The monoisotopic (exact) mass is 295 g/mol. The molecule has 0 fully saturated rings. The van der Waals surface area contributed by atoms with Gasteiger partial charge in [0.15, 0.2) is 0 Å². The Bertz CT molecular complexity index is 685. The Balaban J connectivity index is 1.75. The fourth-order valence-electron chi connectivity index (χ4n) is 2.57. The number of nitrogens with zero attached hydrogens (tertiary/aromatic N) is 3. The maximum Gasteiger partial charge on any atom is 0.246 e. The van der Waals surface area contributed by atoms with Gasteiger partial charge in [-0.2, -0.15) is 0 Å². The summed E-state index contributed by atoms with van der Waals surface area (Å²) in [5.41, 5.74) is 2.60. The summed E-state index contributed by atoms with van der Waals surface area (Å²) >= 11 is 0. The minimum atomic E-state index is -0.514. The molecule has 1 aromatic heterocycles. The van der Waals surface area contributed by atoms with Crippen molar-refractivity contribution >= 4 is 12.0 Å². The first-order valence-electron chi connectivity index (χ1n) is 7.23. The van der Waals surface area contributed by atoms with Crippen LogP contribution in [-0.2, 0) is 11.3 Å². The van der Waals surface area contributed by atoms with Crippen LogP contribution in [0.15, 0.2) is 48.9 Å². The lowest BCUT2D eigenvalue weighted by molar-refractivity contribution is -0.126. The topological polar surface area (TPSA) is 66.3 Å². The number of hydrogen-bond acceptors (Lipinski definition) is 4. The van der Waals surface area contributed by atoms with E-state index in [4.69, 9.17) is 0 Å². The molecule has 1 amide bonds. The van der Waals surface area contributed by atoms with Gasteiger partial charge in [-0.1, -0.05) is 24.3 Å². The lowest BCUT2D eigenvalue weighted by Crippen LogP contribution is -2.29. The smallest absolute Gasteiger partial charge is 0.246 e. The lowest BCUT2D eigenvalue weighted by atomic mass is 10.0. The van der Waals surface area contributed by atoms with Crippen molar-refractivity contribution in [2.45, 2.75) is 19.1 Å². The molecule has 1 aliphatic rings. The highest BCUT2D eigenvalue weighted by molar-refractivity contribution is 5.91. The molecule has 0 radical (unpaired) electrons. The van der Waals surface area contributed by atoms with Crippen molar-refractivity contribution in [3.63, 3.8) is 0 Å². The highest BCUT2D eigenvalue weighted by atomic mass is 16.3. The minimum absolute atomic E-state index is 0.0810. The van der Waals surface area contributed by atoms with E-state index >= 15 is 0 Å². The van der Waals surface area contributed by atoms with Crippen LogP contribution in [0.4, 0.5) is 0 Å². The molecular weight excluding hydrogens is 278 g/mol. The van der Waals surface area contributed by atoms with E-state index in [1.165, 1.54) is 12.4 Å². The molecule has 1 atom stereocenters. The second-order valence-corrected chi connectivity index (χ2v) is 5.23. The van der Waals surface area contributed by atoms with Crippen LogP contribution in [0.1, 0.15) is 29.3 Å². The summed E-state index contributed by atoms with van der Waals surface area (Å²) in [5.74, 6) is -0.0810. The fourth-order valence-corrected chi connectivity index (χ4v) is 2.57. The third-order valence-corrected chi connectivity index (χ3v) is 3.76. The van der Waals surface area contributed by atoms with Gasteiger partial charge in [0, 0.05) is 25.4 Å². The van der Waals surface area contributed by atoms with E-state index in [0.29, 0.717) is 25.2 Å². The van der Waals surface area contributed by atoms with E-state index in [9.17, 15) is 9.90 Å². The Hall–Kier alpha value is -2.53. The zero-order valence-electron chi connectivity index (χ0n) is 12.1. The second-order valence-electron chi connectivity index (χ2n) is 5.23. The Morgan fingerprint density at radius 3 is 3.00 bits per heavy atom. The maximum atomic E-state index is 12.4. The average Bonchev–Trinajstić information content (AvgIpc) is 2.73. The molecule has 3 rings (SSSR count). The van der Waals surface area contributed by atoms with Crippen LogP contribution in [0.5, 0.6) is 0 Å². The molecule has 1 unspecified atom stereocenters. The van der Waals surface area contributed by atoms with E-state index in [1.807, 2.05) is 24.3 Å². The van der Waals surface area contributed by atoms with Crippen molar-refractivity contribution in [3.05, 3.63) is 65.8 Å². The van der Waals surface area contributed by atoms with Gasteiger partial charge in [-0.15, -0.1) is 0 Å². The molecule has 1 aliphatic heterocycles. The molecule has 112 valence electrons. The molecule has 0 spiro atoms. The SMILES string of the molecule is O=C(/C=C/c1ccncn1)N1CCC(O)c2ccccc2C1. The van der Waals surface area contributed by atoms with Crippen molar-refractivity contribution in [1.82, 2.24) is 14.9 Å². The van der Waals surface area contributed by atoms with Crippen molar-refractivity contribution in [2.75, 3.05) is 6.54 Å². The van der Waals surface area contributed by atoms with Gasteiger partial charge in [-0.3, -0.25) is 4.79 Å². The van der Waals surface area contributed by atoms with E-state index in [2.05, 4.69) is 9.97 Å². The Morgan fingerprint density at radius 2 is 2.18 bits per heavy atom. The normalized spacial score (nSPS) is 18.0. The second kappa shape index (κ2) is 6.49. The maximum absolute atomic E-state index is 12.4. The van der Waals surface area contributed by atoms with E-state index in [-0.39, 0.29) is 5.91 Å². The van der Waals surface area contributed by atoms with E-state index in [1.54, 1.807) is 23.2 Å². The van der Waals surface area contributed by atoms with Gasteiger partial charge in [-0.25, -0.2) is 9.97 Å². The number of benzene rings is 1. The van der Waals surface area contributed by atoms with Crippen LogP contribution < -0.4 is 0 Å². The summed E-state index contributed by atoms with van der Waals surface area (Å²) < 4.78 is 0. The molecule has 0 aliphatic carbocycles. The first-order valence-corrected chi connectivity index (χ1v) is 7.23. The van der Waals surface area contributed by atoms with Gasteiger partial charge in [0.25, 0.3) is 0 Å². The number of carbonyl (C=O) groups is 1. The highest BCUT2D eigenvalue weighted by Crippen LogP contribution is 2.26. The zero-order chi connectivity index (χ0) is 15.4. The number of aliphatic hydroxyl groups excluding tert-OH is 1. The molecule has 2 heterocycles. The molecule has 1 N–H and O–H groups in total. The summed E-state index contributed by atoms with van der Waals surface area (Å²) in [6, 6.07) is 9.46. The molecule has 5 heteroatoms. The van der Waals surface area contributed by atoms with Crippen LogP contribution in [-0.4, -0.2) is 32.4 Å². The third-order valence-electron chi connectivity index (χ3n) is 3.76. The highest BCUT2D eigenvalue weighted by Gasteiger charge is 2.22. The standard InChI is InChI=1S/C17H17N3O2/c21-16-8-10-20(11-13-3-1-2-4-15(13)16)17(22)6-5-14-7-9-18-12-19-14/h1-7,9,12,16,21H,8,10-11H2/b6-5+. The number of amides is 1. The van der Waals surface area contributed by atoms with Gasteiger partial charge in [-0.05, 0) is 29.7 Å². The zero-order valence-corrected chi connectivity index (χ0v) is 12.1. The summed E-state index contributed by atoms with van der Waals surface area (Å²) in [4.78, 5) is 22.0. The fraction of sp³-hybridized carbons (Fsp3) is 0.235. The van der Waals surface area contributed by atoms with Gasteiger partial charge in [0.2, 0.25) is 5.91 Å². The number of carbonyl (C=O) groups excluding carboxylic acids is 1. The van der Waals surface area contributed by atoms with Crippen LogP contribution in [0, 0.1) is 0 Å². The van der Waals surface area contributed by atoms with Gasteiger partial charge >= 0.3 is 0 Å². The molecule has 0 saturated heterocycles. The van der Waals surface area contributed by atoms with Crippen LogP contribution in [0.3, 0.4) is 0 Å². The van der Waals surface area contributed by atoms with Crippen molar-refractivity contribution < 1.29 is 9.90 Å². The lowest BCUT2D eigenvalue weighted by Gasteiger charge is -2.18. The molecule has 1 aromatic carbocycles. The molecule has 2 aromatic rings. The van der Waals surface area contributed by atoms with E-state index in [0.717, 1.165) is 11.1 Å². The largest absolute Gasteiger partial charge is 0.388 e. The molecule has 0 bridgehead atoms. The number of aliphatic hydroxyl groups is 1. The average molecular weight is 295 g/mol. The van der Waals surface area contributed by atoms with Crippen molar-refractivity contribution in [3.8, 4) is 0 Å². The quantitative estimate of drug-likeness (QED) is 0.860. The summed E-state index contributed by atoms with van der Waals surface area (Å²) in [6.07, 6.45) is 6.31. The van der Waals surface area contributed by atoms with Crippen molar-refractivity contribution in [1.29, 1.82) is 0 Å². The van der Waals surface area contributed by atoms with Gasteiger partial charge in [0.1, 0.15) is 6.33 Å². The summed E-state index contributed by atoms with van der Waals surface area (Å²) in [7, 11) is 0. The first kappa shape index (κ1) is 14.4. The molecule has 0 saturated carbocycles. The molecule has 22 heavy (non-hydrogen) atoms. The first-order chi connectivity index (χ1) is 10.7. The summed E-state index contributed by atoms with van der Waals surface area (Å²) in [6.45, 7) is 1.04. The summed E-state index contributed by atoms with van der Waals surface area (Å²) in [5, 5.41) is 10.2. The molecular formula is C17H17N3O2. The van der Waals surface area contributed by atoms with Crippen LogP contribution >= 0.6 is 0 Å². The minimum Gasteiger partial charge on any atom is -0.388 e. The number of fused-ring (bicyclic) bond motifs is 1. The Kier molecular flexibility index (Phi) is 4.25. The van der Waals surface area contributed by atoms with E-state index < -0.39 is 6.10 Å². The third kappa shape index (κ3) is 3.20. The molecule has 5 nitrogen and oxygen atoms in total. The van der Waals surface area contributed by atoms with Gasteiger partial charge in [0.05, 0.1) is 11.8 Å². The van der Waals surface area contributed by atoms with Gasteiger partial charge < -0.3 is 10.0 Å². The van der Waals surface area contributed by atoms with Crippen LogP contribution in [0.25, 0.3) is 6.08 Å². The van der Waals surface area contributed by atoms with Crippen LogP contribution in [0.2, 0.25) is 0 Å². The predicted octanol–water partition coefficient (Wildman–Crippen LogP) is 1.96. The van der Waals surface area contributed by atoms with Crippen molar-refractivity contribution in [2.24, 2.45) is 0 Å².